The Kier molecular flexibility index (Phi) is 3.93. The summed E-state index contributed by atoms with van der Waals surface area (Å²) in [7, 11) is 0. The van der Waals surface area contributed by atoms with Crippen LogP contribution in [0.15, 0.2) is 46.9 Å². The third-order valence-corrected chi connectivity index (χ3v) is 3.30. The van der Waals surface area contributed by atoms with Gasteiger partial charge in [0, 0.05) is 15.7 Å². The second-order valence-electron chi connectivity index (χ2n) is 3.66. The minimum Gasteiger partial charge on any atom is -0.389 e. The van der Waals surface area contributed by atoms with Crippen LogP contribution in [0.2, 0.25) is 0 Å². The highest BCUT2D eigenvalue weighted by molar-refractivity contribution is 9.10. The first kappa shape index (κ1) is 13.0. The summed E-state index contributed by atoms with van der Waals surface area (Å²) in [4.78, 5) is 0.341. The summed E-state index contributed by atoms with van der Waals surface area (Å²) in [6.07, 6.45) is 0. The molecule has 0 aromatic heterocycles. The maximum absolute atomic E-state index is 13.6. The van der Waals surface area contributed by atoms with E-state index < -0.39 is 0 Å². The number of halogens is 2. The molecule has 0 radical (unpaired) electrons. The van der Waals surface area contributed by atoms with Crippen molar-refractivity contribution in [3.63, 3.8) is 0 Å². The molecule has 0 amide bonds. The van der Waals surface area contributed by atoms with Crippen LogP contribution in [0.5, 0.6) is 0 Å². The summed E-state index contributed by atoms with van der Waals surface area (Å²) < 4.78 is 14.3. The monoisotopic (exact) mass is 324 g/mol. The van der Waals surface area contributed by atoms with Crippen molar-refractivity contribution < 1.29 is 4.39 Å². The minimum absolute atomic E-state index is 0.317. The van der Waals surface area contributed by atoms with Crippen molar-refractivity contribution in [1.29, 1.82) is 0 Å². The lowest BCUT2D eigenvalue weighted by Gasteiger charge is -2.10. The molecule has 2 rings (SSSR count). The highest BCUT2D eigenvalue weighted by Crippen LogP contribution is 2.28. The van der Waals surface area contributed by atoms with E-state index in [1.807, 2.05) is 0 Å². The first-order valence-corrected chi connectivity index (χ1v) is 6.39. The lowest BCUT2D eigenvalue weighted by Crippen LogP contribution is -2.08. The van der Waals surface area contributed by atoms with E-state index in [4.69, 9.17) is 18.0 Å². The van der Waals surface area contributed by atoms with Crippen LogP contribution in [0.4, 0.5) is 15.8 Å². The second-order valence-corrected chi connectivity index (χ2v) is 4.96. The zero-order valence-electron chi connectivity index (χ0n) is 9.28. The Hall–Kier alpha value is -1.46. The third kappa shape index (κ3) is 2.86. The SMILES string of the molecule is NC(=S)c1ccc(Nc2c(F)cccc2Br)cc1. The molecule has 0 spiro atoms. The Balaban J connectivity index is 2.26. The van der Waals surface area contributed by atoms with Gasteiger partial charge in [0.25, 0.3) is 0 Å². The number of thiocarbonyl (C=S) groups is 1. The van der Waals surface area contributed by atoms with Crippen molar-refractivity contribution in [2.45, 2.75) is 0 Å². The normalized spacial score (nSPS) is 10.1. The van der Waals surface area contributed by atoms with E-state index in [2.05, 4.69) is 21.2 Å². The van der Waals surface area contributed by atoms with Crippen LogP contribution in [0, 0.1) is 5.82 Å². The molecule has 92 valence electrons. The summed E-state index contributed by atoms with van der Waals surface area (Å²) in [6, 6.07) is 12.0. The molecule has 0 unspecified atom stereocenters. The van der Waals surface area contributed by atoms with E-state index in [0.717, 1.165) is 11.3 Å². The molecule has 0 saturated heterocycles. The van der Waals surface area contributed by atoms with Gasteiger partial charge in [-0.1, -0.05) is 18.3 Å². The topological polar surface area (TPSA) is 38.0 Å². The van der Waals surface area contributed by atoms with Gasteiger partial charge < -0.3 is 11.1 Å². The molecule has 0 aliphatic heterocycles. The number of nitrogens with two attached hydrogens (primary N) is 1. The smallest absolute Gasteiger partial charge is 0.147 e. The number of nitrogens with one attached hydrogen (secondary N) is 1. The lowest BCUT2D eigenvalue weighted by atomic mass is 10.2. The van der Waals surface area contributed by atoms with Gasteiger partial charge >= 0.3 is 0 Å². The summed E-state index contributed by atoms with van der Waals surface area (Å²) >= 11 is 8.17. The van der Waals surface area contributed by atoms with Crippen molar-refractivity contribution in [3.8, 4) is 0 Å². The maximum atomic E-state index is 13.6. The molecule has 0 saturated carbocycles. The Morgan fingerprint density at radius 1 is 1.17 bits per heavy atom. The number of anilines is 2. The van der Waals surface area contributed by atoms with Crippen molar-refractivity contribution in [1.82, 2.24) is 0 Å². The first-order chi connectivity index (χ1) is 8.58. The van der Waals surface area contributed by atoms with Crippen LogP contribution >= 0.6 is 28.1 Å². The van der Waals surface area contributed by atoms with Crippen LogP contribution in [0.1, 0.15) is 5.56 Å². The van der Waals surface area contributed by atoms with E-state index in [1.165, 1.54) is 6.07 Å². The van der Waals surface area contributed by atoms with Crippen LogP contribution in [0.25, 0.3) is 0 Å². The van der Waals surface area contributed by atoms with Crippen LogP contribution in [-0.4, -0.2) is 4.99 Å². The second kappa shape index (κ2) is 5.46. The van der Waals surface area contributed by atoms with Gasteiger partial charge in [-0.25, -0.2) is 4.39 Å². The molecular weight excluding hydrogens is 315 g/mol. The molecule has 2 aromatic rings. The predicted molar refractivity (Wildman–Crippen MR) is 79.7 cm³/mol. The molecule has 0 atom stereocenters. The van der Waals surface area contributed by atoms with Crippen molar-refractivity contribution >= 4 is 44.5 Å². The van der Waals surface area contributed by atoms with Crippen molar-refractivity contribution in [2.24, 2.45) is 5.73 Å². The van der Waals surface area contributed by atoms with Gasteiger partial charge in [-0.15, -0.1) is 0 Å². The lowest BCUT2D eigenvalue weighted by molar-refractivity contribution is 0.631. The molecule has 18 heavy (non-hydrogen) atoms. The first-order valence-electron chi connectivity index (χ1n) is 5.19. The number of rotatable bonds is 3. The molecule has 0 heterocycles. The highest BCUT2D eigenvalue weighted by atomic mass is 79.9. The largest absolute Gasteiger partial charge is 0.389 e. The summed E-state index contributed by atoms with van der Waals surface area (Å²) in [5, 5.41) is 3.00. The number of benzene rings is 2. The predicted octanol–water partition coefficient (Wildman–Crippen LogP) is 3.97. The fraction of sp³-hybridized carbons (Fsp3) is 0. The van der Waals surface area contributed by atoms with E-state index in [9.17, 15) is 4.39 Å². The fourth-order valence-electron chi connectivity index (χ4n) is 1.48. The van der Waals surface area contributed by atoms with E-state index >= 15 is 0 Å². The standard InChI is InChI=1S/C13H10BrFN2S/c14-10-2-1-3-11(15)12(10)17-9-6-4-8(5-7-9)13(16)18/h1-7,17H,(H2,16,18). The van der Waals surface area contributed by atoms with Crippen LogP contribution < -0.4 is 11.1 Å². The fourth-order valence-corrected chi connectivity index (χ4v) is 2.06. The third-order valence-electron chi connectivity index (χ3n) is 2.40. The minimum atomic E-state index is -0.317. The molecule has 2 aromatic carbocycles. The van der Waals surface area contributed by atoms with Gasteiger partial charge in [0.1, 0.15) is 10.8 Å². The zero-order chi connectivity index (χ0) is 13.1. The average molecular weight is 325 g/mol. The summed E-state index contributed by atoms with van der Waals surface area (Å²) in [6.45, 7) is 0. The van der Waals surface area contributed by atoms with Crippen molar-refractivity contribution in [3.05, 3.63) is 58.3 Å². The molecule has 0 bridgehead atoms. The molecule has 0 aliphatic rings. The van der Waals surface area contributed by atoms with E-state index in [0.29, 0.717) is 15.1 Å². The van der Waals surface area contributed by atoms with Gasteiger partial charge in [0.15, 0.2) is 0 Å². The number of hydrogen-bond donors (Lipinski definition) is 2. The highest BCUT2D eigenvalue weighted by Gasteiger charge is 2.06. The summed E-state index contributed by atoms with van der Waals surface area (Å²) in [5.74, 6) is -0.317. The van der Waals surface area contributed by atoms with Gasteiger partial charge in [0.2, 0.25) is 0 Å². The van der Waals surface area contributed by atoms with Gasteiger partial charge in [-0.05, 0) is 52.3 Å². The number of hydrogen-bond acceptors (Lipinski definition) is 2. The molecule has 2 nitrogen and oxygen atoms in total. The van der Waals surface area contributed by atoms with Gasteiger partial charge in [0.05, 0.1) is 5.69 Å². The molecule has 3 N–H and O–H groups in total. The Morgan fingerprint density at radius 3 is 2.39 bits per heavy atom. The van der Waals surface area contributed by atoms with Crippen LogP contribution in [-0.2, 0) is 0 Å². The number of para-hydroxylation sites is 1. The molecular formula is C13H10BrFN2S. The van der Waals surface area contributed by atoms with Gasteiger partial charge in [-0.3, -0.25) is 0 Å². The Morgan fingerprint density at radius 2 is 1.83 bits per heavy atom. The summed E-state index contributed by atoms with van der Waals surface area (Å²) in [5.41, 5.74) is 7.46. The van der Waals surface area contributed by atoms with Crippen LogP contribution in [0.3, 0.4) is 0 Å². The maximum Gasteiger partial charge on any atom is 0.147 e. The zero-order valence-corrected chi connectivity index (χ0v) is 11.7. The van der Waals surface area contributed by atoms with Crippen molar-refractivity contribution in [2.75, 3.05) is 5.32 Å². The molecule has 0 aliphatic carbocycles. The van der Waals surface area contributed by atoms with E-state index in [1.54, 1.807) is 36.4 Å². The Bertz CT molecular complexity index is 564. The molecule has 5 heteroatoms. The molecule has 0 fully saturated rings. The van der Waals surface area contributed by atoms with E-state index in [-0.39, 0.29) is 5.82 Å². The Labute approximate surface area is 118 Å². The average Bonchev–Trinajstić information content (AvgIpc) is 2.34. The quantitative estimate of drug-likeness (QED) is 0.839. The van der Waals surface area contributed by atoms with Gasteiger partial charge in [-0.2, -0.15) is 0 Å².